The van der Waals surface area contributed by atoms with Crippen LogP contribution in [0.25, 0.3) is 0 Å². The van der Waals surface area contributed by atoms with Crippen molar-refractivity contribution in [3.05, 3.63) is 64.0 Å². The number of hydrogen-bond acceptors (Lipinski definition) is 6. The molecule has 11 heteroatoms. The lowest BCUT2D eigenvalue weighted by Gasteiger charge is -2.29. The van der Waals surface area contributed by atoms with Crippen molar-refractivity contribution in [3.8, 4) is 0 Å². The molecule has 3 N–H and O–H groups in total. The molecule has 0 unspecified atom stereocenters. The molecule has 2 aromatic heterocycles. The second-order valence-corrected chi connectivity index (χ2v) is 8.77. The van der Waals surface area contributed by atoms with Gasteiger partial charge in [0.15, 0.2) is 0 Å². The zero-order valence-electron chi connectivity index (χ0n) is 14.1. The van der Waals surface area contributed by atoms with Crippen molar-refractivity contribution in [1.82, 2.24) is 4.98 Å². The highest BCUT2D eigenvalue weighted by atomic mass is 79.9. The highest BCUT2D eigenvalue weighted by Gasteiger charge is 2.24. The van der Waals surface area contributed by atoms with Crippen LogP contribution >= 0.6 is 27.5 Å². The molecule has 8 nitrogen and oxygen atoms in total. The first-order valence-electron chi connectivity index (χ1n) is 7.97. The van der Waals surface area contributed by atoms with E-state index >= 15 is 0 Å². The van der Waals surface area contributed by atoms with E-state index in [2.05, 4.69) is 31.0 Å². The molecule has 28 heavy (non-hydrogen) atoms. The molecule has 0 spiro atoms. The van der Waals surface area contributed by atoms with Crippen LogP contribution in [0.3, 0.4) is 0 Å². The molecule has 1 aliphatic rings. The Bertz CT molecular complexity index is 1160. The van der Waals surface area contributed by atoms with Crippen molar-refractivity contribution >= 4 is 60.6 Å². The Morgan fingerprint density at radius 3 is 2.75 bits per heavy atom. The van der Waals surface area contributed by atoms with Gasteiger partial charge < -0.3 is 14.6 Å². The minimum Gasteiger partial charge on any atom is -0.448 e. The maximum absolute atomic E-state index is 12.5. The number of sulfonamides is 1. The Balaban J connectivity index is 1.54. The monoisotopic (exact) mass is 481 g/mol. The van der Waals surface area contributed by atoms with E-state index in [1.165, 1.54) is 18.5 Å². The van der Waals surface area contributed by atoms with E-state index in [1.54, 1.807) is 35.2 Å². The standard InChI is InChI=1S/C17H13BrClN5O3S/c18-14-7-12(8-21-15(14)19)28(25,26)23-10-1-3-11(4-2-10)24-9-22-17-13(16(24)20)5-6-27-17/h1-8,20,22-23H,9H2. The van der Waals surface area contributed by atoms with Gasteiger partial charge in [-0.3, -0.25) is 10.1 Å². The molecule has 0 aliphatic carbocycles. The number of pyridine rings is 1. The van der Waals surface area contributed by atoms with Crippen LogP contribution in [0.5, 0.6) is 0 Å². The molecule has 4 rings (SSSR count). The molecule has 0 saturated carbocycles. The molecule has 0 amide bonds. The molecule has 144 valence electrons. The number of nitrogens with zero attached hydrogens (tertiary/aromatic N) is 2. The van der Waals surface area contributed by atoms with Gasteiger partial charge >= 0.3 is 0 Å². The summed E-state index contributed by atoms with van der Waals surface area (Å²) in [6, 6.07) is 9.82. The summed E-state index contributed by atoms with van der Waals surface area (Å²) in [6.07, 6.45) is 2.71. The van der Waals surface area contributed by atoms with Crippen molar-refractivity contribution in [3.63, 3.8) is 0 Å². The number of rotatable bonds is 4. The number of aromatic nitrogens is 1. The highest BCUT2D eigenvalue weighted by Crippen LogP contribution is 2.29. The molecular formula is C17H13BrClN5O3S. The fourth-order valence-electron chi connectivity index (χ4n) is 2.70. The summed E-state index contributed by atoms with van der Waals surface area (Å²) in [7, 11) is -3.82. The third-order valence-corrected chi connectivity index (χ3v) is 6.58. The van der Waals surface area contributed by atoms with E-state index in [-0.39, 0.29) is 10.0 Å². The van der Waals surface area contributed by atoms with Gasteiger partial charge in [0, 0.05) is 17.6 Å². The molecule has 0 bridgehead atoms. The lowest BCUT2D eigenvalue weighted by atomic mass is 10.2. The third kappa shape index (κ3) is 3.46. The zero-order valence-corrected chi connectivity index (χ0v) is 17.3. The number of benzene rings is 1. The van der Waals surface area contributed by atoms with Gasteiger partial charge in [0.1, 0.15) is 15.9 Å². The summed E-state index contributed by atoms with van der Waals surface area (Å²) in [5, 5.41) is 11.6. The predicted octanol–water partition coefficient (Wildman–Crippen LogP) is 4.11. The van der Waals surface area contributed by atoms with E-state index in [1.807, 2.05) is 0 Å². The van der Waals surface area contributed by atoms with Gasteiger partial charge in [-0.15, -0.1) is 0 Å². The van der Waals surface area contributed by atoms with E-state index < -0.39 is 10.0 Å². The fourth-order valence-corrected chi connectivity index (χ4v) is 4.34. The number of hydrogen-bond donors (Lipinski definition) is 3. The first-order valence-corrected chi connectivity index (χ1v) is 10.6. The number of amidine groups is 1. The van der Waals surface area contributed by atoms with Gasteiger partial charge in [-0.1, -0.05) is 11.6 Å². The molecule has 0 radical (unpaired) electrons. The van der Waals surface area contributed by atoms with E-state index in [0.29, 0.717) is 34.1 Å². The lowest BCUT2D eigenvalue weighted by Crippen LogP contribution is -2.39. The van der Waals surface area contributed by atoms with Gasteiger partial charge in [0.05, 0.1) is 23.0 Å². The zero-order chi connectivity index (χ0) is 19.9. The van der Waals surface area contributed by atoms with E-state index in [0.717, 1.165) is 5.69 Å². The average Bonchev–Trinajstić information content (AvgIpc) is 3.14. The maximum atomic E-state index is 12.5. The van der Waals surface area contributed by atoms with Crippen molar-refractivity contribution < 1.29 is 12.8 Å². The van der Waals surface area contributed by atoms with Crippen LogP contribution in [-0.4, -0.2) is 25.9 Å². The summed E-state index contributed by atoms with van der Waals surface area (Å²) >= 11 is 8.98. The van der Waals surface area contributed by atoms with Crippen LogP contribution in [0.2, 0.25) is 5.15 Å². The molecule has 0 saturated heterocycles. The Labute approximate surface area is 174 Å². The molecule has 1 aliphatic heterocycles. The summed E-state index contributed by atoms with van der Waals surface area (Å²) in [5.74, 6) is 0.862. The van der Waals surface area contributed by atoms with Gasteiger partial charge in [0.25, 0.3) is 10.0 Å². The second kappa shape index (κ2) is 7.12. The number of furan rings is 1. The van der Waals surface area contributed by atoms with Crippen LogP contribution < -0.4 is 14.9 Å². The highest BCUT2D eigenvalue weighted by molar-refractivity contribution is 9.10. The van der Waals surface area contributed by atoms with Crippen LogP contribution in [0, 0.1) is 5.41 Å². The molecule has 0 atom stereocenters. The van der Waals surface area contributed by atoms with Gasteiger partial charge in [0.2, 0.25) is 5.88 Å². The molecule has 1 aromatic carbocycles. The quantitative estimate of drug-likeness (QED) is 0.483. The predicted molar refractivity (Wildman–Crippen MR) is 111 cm³/mol. The fraction of sp³-hybridized carbons (Fsp3) is 0.0588. The lowest BCUT2D eigenvalue weighted by molar-refractivity contribution is 0.577. The van der Waals surface area contributed by atoms with Gasteiger partial charge in [-0.25, -0.2) is 13.4 Å². The SMILES string of the molecule is N=C1c2ccoc2NCN1c1ccc(NS(=O)(=O)c2cnc(Cl)c(Br)c2)cc1. The molecular weight excluding hydrogens is 470 g/mol. The first kappa shape index (κ1) is 18.8. The summed E-state index contributed by atoms with van der Waals surface area (Å²) < 4.78 is 33.2. The molecule has 3 aromatic rings. The number of anilines is 3. The van der Waals surface area contributed by atoms with E-state index in [4.69, 9.17) is 21.4 Å². The van der Waals surface area contributed by atoms with Crippen LogP contribution in [-0.2, 0) is 10.0 Å². The summed E-state index contributed by atoms with van der Waals surface area (Å²) in [5.41, 5.74) is 1.79. The first-order chi connectivity index (χ1) is 13.3. The largest absolute Gasteiger partial charge is 0.448 e. The van der Waals surface area contributed by atoms with Crippen LogP contribution in [0.15, 0.2) is 62.6 Å². The normalized spacial score (nSPS) is 13.8. The average molecular weight is 483 g/mol. The summed E-state index contributed by atoms with van der Waals surface area (Å²) in [4.78, 5) is 5.57. The molecule has 3 heterocycles. The van der Waals surface area contributed by atoms with E-state index in [9.17, 15) is 8.42 Å². The van der Waals surface area contributed by atoms with Crippen LogP contribution in [0.1, 0.15) is 5.56 Å². The minimum absolute atomic E-state index is 0.0117. The molecule has 0 fully saturated rings. The smallest absolute Gasteiger partial charge is 0.263 e. The minimum atomic E-state index is -3.82. The number of nitrogens with one attached hydrogen (secondary N) is 3. The van der Waals surface area contributed by atoms with Gasteiger partial charge in [-0.05, 0) is 52.3 Å². The third-order valence-electron chi connectivity index (χ3n) is 4.10. The van der Waals surface area contributed by atoms with Crippen LogP contribution in [0.4, 0.5) is 17.3 Å². The Kier molecular flexibility index (Phi) is 4.77. The number of fused-ring (bicyclic) bond motifs is 1. The Morgan fingerprint density at radius 2 is 2.04 bits per heavy atom. The maximum Gasteiger partial charge on any atom is 0.263 e. The van der Waals surface area contributed by atoms with Gasteiger partial charge in [-0.2, -0.15) is 0 Å². The number of halogens is 2. The van der Waals surface area contributed by atoms with Crippen molar-refractivity contribution in [1.29, 1.82) is 5.41 Å². The van der Waals surface area contributed by atoms with Crippen molar-refractivity contribution in [2.45, 2.75) is 4.90 Å². The van der Waals surface area contributed by atoms with Crippen molar-refractivity contribution in [2.24, 2.45) is 0 Å². The topological polar surface area (TPSA) is 111 Å². The van der Waals surface area contributed by atoms with Crippen molar-refractivity contribution in [2.75, 3.05) is 21.6 Å². The Hall–Kier alpha value is -2.56. The second-order valence-electron chi connectivity index (χ2n) is 5.87. The summed E-state index contributed by atoms with van der Waals surface area (Å²) in [6.45, 7) is 0.370. The Morgan fingerprint density at radius 1 is 1.29 bits per heavy atom.